The van der Waals surface area contributed by atoms with E-state index in [1.807, 2.05) is 48.5 Å². The van der Waals surface area contributed by atoms with Gasteiger partial charge in [0.1, 0.15) is 17.5 Å². The summed E-state index contributed by atoms with van der Waals surface area (Å²) >= 11 is 5.97. The first-order chi connectivity index (χ1) is 13.7. The highest BCUT2D eigenvalue weighted by molar-refractivity contribution is 6.30. The largest absolute Gasteiger partial charge is 0.368 e. The molecule has 0 aliphatic carbocycles. The fraction of sp³-hybridized carbons (Fsp3) is 0.273. The molecular formula is C22H22ClN5. The molecule has 0 spiro atoms. The van der Waals surface area contributed by atoms with E-state index >= 15 is 0 Å². The van der Waals surface area contributed by atoms with Crippen LogP contribution in [0.15, 0.2) is 48.5 Å². The summed E-state index contributed by atoms with van der Waals surface area (Å²) in [5.41, 5.74) is 9.66. The van der Waals surface area contributed by atoms with Crippen LogP contribution < -0.4 is 16.0 Å². The molecule has 1 aromatic heterocycles. The van der Waals surface area contributed by atoms with E-state index in [0.29, 0.717) is 22.9 Å². The van der Waals surface area contributed by atoms with Gasteiger partial charge >= 0.3 is 0 Å². The molecular weight excluding hydrogens is 370 g/mol. The van der Waals surface area contributed by atoms with Gasteiger partial charge in [-0.2, -0.15) is 5.26 Å². The van der Waals surface area contributed by atoms with Gasteiger partial charge in [0.15, 0.2) is 0 Å². The lowest BCUT2D eigenvalue weighted by molar-refractivity contribution is 0.506. The van der Waals surface area contributed by atoms with E-state index in [1.165, 1.54) is 0 Å². The zero-order valence-corrected chi connectivity index (χ0v) is 16.3. The summed E-state index contributed by atoms with van der Waals surface area (Å²) in [6, 6.07) is 18.1. The fourth-order valence-electron chi connectivity index (χ4n) is 3.76. The third-order valence-corrected chi connectivity index (χ3v) is 5.38. The number of nitrogens with one attached hydrogen (secondary N) is 1. The van der Waals surface area contributed by atoms with Crippen LogP contribution in [0.5, 0.6) is 0 Å². The van der Waals surface area contributed by atoms with Gasteiger partial charge in [0, 0.05) is 36.1 Å². The monoisotopic (exact) mass is 391 g/mol. The molecule has 3 aromatic rings. The standard InChI is InChI=1S/C22H22ClN5/c23-16-9-7-15(8-10-16)13-26-22-19(12-24)21(28-11-3-4-17(25)14-28)18-5-1-2-6-20(18)27-22/h1-2,5-10,17H,3-4,11,13-14,25H2,(H,26,27). The smallest absolute Gasteiger partial charge is 0.147 e. The van der Waals surface area contributed by atoms with E-state index in [4.69, 9.17) is 22.3 Å². The molecule has 1 aliphatic heterocycles. The first-order valence-corrected chi connectivity index (χ1v) is 9.85. The summed E-state index contributed by atoms with van der Waals surface area (Å²) in [5, 5.41) is 15.0. The number of pyridine rings is 1. The fourth-order valence-corrected chi connectivity index (χ4v) is 3.88. The van der Waals surface area contributed by atoms with Crippen molar-refractivity contribution in [2.75, 3.05) is 23.3 Å². The van der Waals surface area contributed by atoms with Gasteiger partial charge in [0.2, 0.25) is 0 Å². The summed E-state index contributed by atoms with van der Waals surface area (Å²) in [6.45, 7) is 2.21. The number of nitrogens with two attached hydrogens (primary N) is 1. The normalized spacial score (nSPS) is 16.8. The first kappa shape index (κ1) is 18.5. The zero-order chi connectivity index (χ0) is 19.5. The summed E-state index contributed by atoms with van der Waals surface area (Å²) in [7, 11) is 0. The van der Waals surface area contributed by atoms with Crippen LogP contribution in [-0.4, -0.2) is 24.1 Å². The summed E-state index contributed by atoms with van der Waals surface area (Å²) < 4.78 is 0. The lowest BCUT2D eigenvalue weighted by atomic mass is 10.0. The van der Waals surface area contributed by atoms with E-state index in [-0.39, 0.29) is 6.04 Å². The molecule has 1 saturated heterocycles. The topological polar surface area (TPSA) is 78.0 Å². The lowest BCUT2D eigenvalue weighted by Gasteiger charge is -2.34. The van der Waals surface area contributed by atoms with Crippen LogP contribution >= 0.6 is 11.6 Å². The number of nitriles is 1. The van der Waals surface area contributed by atoms with Crippen LogP contribution in [0.4, 0.5) is 11.5 Å². The number of anilines is 2. The second-order valence-electron chi connectivity index (χ2n) is 7.14. The predicted octanol–water partition coefficient (Wildman–Crippen LogP) is 4.30. The molecule has 0 amide bonds. The molecule has 1 fully saturated rings. The van der Waals surface area contributed by atoms with Crippen LogP contribution in [0.2, 0.25) is 5.02 Å². The van der Waals surface area contributed by atoms with Gasteiger partial charge in [-0.15, -0.1) is 0 Å². The van der Waals surface area contributed by atoms with Crippen molar-refractivity contribution in [2.45, 2.75) is 25.4 Å². The van der Waals surface area contributed by atoms with Gasteiger partial charge in [-0.05, 0) is 36.6 Å². The molecule has 28 heavy (non-hydrogen) atoms. The summed E-state index contributed by atoms with van der Waals surface area (Å²) in [4.78, 5) is 6.98. The van der Waals surface area contributed by atoms with Crippen LogP contribution in [0.3, 0.4) is 0 Å². The Balaban J connectivity index is 1.76. The highest BCUT2D eigenvalue weighted by Crippen LogP contribution is 2.35. The number of aromatic nitrogens is 1. The van der Waals surface area contributed by atoms with Crippen molar-refractivity contribution < 1.29 is 0 Å². The molecule has 6 heteroatoms. The van der Waals surface area contributed by atoms with Crippen molar-refractivity contribution in [2.24, 2.45) is 5.73 Å². The molecule has 2 aromatic carbocycles. The average Bonchev–Trinajstić information content (AvgIpc) is 2.72. The SMILES string of the molecule is N#Cc1c(NCc2ccc(Cl)cc2)nc2ccccc2c1N1CCCC(N)C1. The third kappa shape index (κ3) is 3.75. The molecule has 0 bridgehead atoms. The molecule has 3 N–H and O–H groups in total. The Morgan fingerprint density at radius 1 is 1.21 bits per heavy atom. The maximum absolute atomic E-state index is 9.98. The Hall–Kier alpha value is -2.81. The van der Waals surface area contributed by atoms with Crippen LogP contribution in [0.25, 0.3) is 10.9 Å². The van der Waals surface area contributed by atoms with Crippen LogP contribution in [0, 0.1) is 11.3 Å². The number of benzene rings is 2. The predicted molar refractivity (Wildman–Crippen MR) is 115 cm³/mol. The number of para-hydroxylation sites is 1. The first-order valence-electron chi connectivity index (χ1n) is 9.47. The van der Waals surface area contributed by atoms with E-state index in [0.717, 1.165) is 48.1 Å². The Labute approximate surface area is 169 Å². The van der Waals surface area contributed by atoms with Gasteiger partial charge < -0.3 is 16.0 Å². The van der Waals surface area contributed by atoms with Crippen molar-refractivity contribution in [1.29, 1.82) is 5.26 Å². The highest BCUT2D eigenvalue weighted by Gasteiger charge is 2.24. The lowest BCUT2D eigenvalue weighted by Crippen LogP contribution is -2.43. The van der Waals surface area contributed by atoms with Gasteiger partial charge in [-0.3, -0.25) is 0 Å². The minimum atomic E-state index is 0.123. The Morgan fingerprint density at radius 3 is 2.75 bits per heavy atom. The van der Waals surface area contributed by atoms with Gasteiger partial charge in [0.05, 0.1) is 11.2 Å². The van der Waals surface area contributed by atoms with E-state index in [2.05, 4.69) is 16.3 Å². The quantitative estimate of drug-likeness (QED) is 0.693. The van der Waals surface area contributed by atoms with E-state index < -0.39 is 0 Å². The molecule has 5 nitrogen and oxygen atoms in total. The van der Waals surface area contributed by atoms with Crippen molar-refractivity contribution >= 4 is 34.0 Å². The summed E-state index contributed by atoms with van der Waals surface area (Å²) in [5.74, 6) is 0.602. The minimum absolute atomic E-state index is 0.123. The van der Waals surface area contributed by atoms with Gasteiger partial charge in [-0.1, -0.05) is 41.9 Å². The van der Waals surface area contributed by atoms with E-state index in [1.54, 1.807) is 0 Å². The Kier molecular flexibility index (Phi) is 5.34. The van der Waals surface area contributed by atoms with Crippen molar-refractivity contribution in [3.8, 4) is 6.07 Å². The van der Waals surface area contributed by atoms with Crippen LogP contribution in [0.1, 0.15) is 24.0 Å². The molecule has 1 aliphatic rings. The third-order valence-electron chi connectivity index (χ3n) is 5.12. The zero-order valence-electron chi connectivity index (χ0n) is 15.5. The van der Waals surface area contributed by atoms with Crippen molar-refractivity contribution in [3.05, 3.63) is 64.7 Å². The number of nitrogens with zero attached hydrogens (tertiary/aromatic N) is 3. The maximum Gasteiger partial charge on any atom is 0.147 e. The van der Waals surface area contributed by atoms with Crippen LogP contribution in [-0.2, 0) is 6.54 Å². The molecule has 1 atom stereocenters. The number of fused-ring (bicyclic) bond motifs is 1. The Morgan fingerprint density at radius 2 is 2.00 bits per heavy atom. The second-order valence-corrected chi connectivity index (χ2v) is 7.58. The molecule has 142 valence electrons. The van der Waals surface area contributed by atoms with E-state index in [9.17, 15) is 5.26 Å². The Bertz CT molecular complexity index is 1030. The maximum atomic E-state index is 9.98. The number of hydrogen-bond donors (Lipinski definition) is 2. The minimum Gasteiger partial charge on any atom is -0.368 e. The number of hydrogen-bond acceptors (Lipinski definition) is 5. The molecule has 0 radical (unpaired) electrons. The number of piperidine rings is 1. The highest BCUT2D eigenvalue weighted by atomic mass is 35.5. The summed E-state index contributed by atoms with van der Waals surface area (Å²) in [6.07, 6.45) is 2.04. The number of rotatable bonds is 4. The van der Waals surface area contributed by atoms with Crippen molar-refractivity contribution in [1.82, 2.24) is 4.98 Å². The molecule has 2 heterocycles. The molecule has 1 unspecified atom stereocenters. The van der Waals surface area contributed by atoms with Crippen molar-refractivity contribution in [3.63, 3.8) is 0 Å². The second kappa shape index (κ2) is 8.05. The molecule has 4 rings (SSSR count). The van der Waals surface area contributed by atoms with Gasteiger partial charge in [0.25, 0.3) is 0 Å². The van der Waals surface area contributed by atoms with Gasteiger partial charge in [-0.25, -0.2) is 4.98 Å². The molecule has 0 saturated carbocycles. The number of halogens is 1. The average molecular weight is 392 g/mol.